The largest absolute Gasteiger partial charge is 0.352 e. The third-order valence-electron chi connectivity index (χ3n) is 1.77. The van der Waals surface area contributed by atoms with E-state index >= 15 is 0 Å². The van der Waals surface area contributed by atoms with Crippen molar-refractivity contribution in [2.45, 2.75) is 19.9 Å². The Hall–Kier alpha value is -0.470. The number of halogens is 1. The second-order valence-corrected chi connectivity index (χ2v) is 3.46. The molecule has 0 bridgehead atoms. The van der Waals surface area contributed by atoms with E-state index in [-0.39, 0.29) is 6.04 Å². The van der Waals surface area contributed by atoms with Crippen molar-refractivity contribution in [3.8, 4) is 0 Å². The van der Waals surface area contributed by atoms with Crippen LogP contribution < -0.4 is 5.73 Å². The molecule has 0 unspecified atom stereocenters. The molecule has 1 aromatic heterocycles. The summed E-state index contributed by atoms with van der Waals surface area (Å²) in [6.45, 7) is 4.18. The van der Waals surface area contributed by atoms with Crippen LogP contribution in [0.3, 0.4) is 0 Å². The summed E-state index contributed by atoms with van der Waals surface area (Å²) in [6.07, 6.45) is 1.85. The molecule has 0 saturated heterocycles. The monoisotopic (exact) mass is 172 g/mol. The van der Waals surface area contributed by atoms with Gasteiger partial charge in [0.05, 0.1) is 0 Å². The highest BCUT2D eigenvalue weighted by Crippen LogP contribution is 2.20. The Balaban J connectivity index is 2.76. The first-order valence-electron chi connectivity index (χ1n) is 3.70. The van der Waals surface area contributed by atoms with Crippen molar-refractivity contribution < 1.29 is 0 Å². The van der Waals surface area contributed by atoms with Gasteiger partial charge in [0.1, 0.15) is 5.15 Å². The molecule has 0 saturated carbocycles. The van der Waals surface area contributed by atoms with Crippen molar-refractivity contribution in [1.82, 2.24) is 4.98 Å². The zero-order valence-electron chi connectivity index (χ0n) is 6.76. The Labute approximate surface area is 71.7 Å². The van der Waals surface area contributed by atoms with E-state index in [1.165, 1.54) is 0 Å². The van der Waals surface area contributed by atoms with Crippen LogP contribution in [0, 0.1) is 5.92 Å². The summed E-state index contributed by atoms with van der Waals surface area (Å²) in [5.41, 5.74) is 6.95. The zero-order valence-corrected chi connectivity index (χ0v) is 7.52. The molecule has 0 spiro atoms. The van der Waals surface area contributed by atoms with Gasteiger partial charge < -0.3 is 10.7 Å². The van der Waals surface area contributed by atoms with Gasteiger partial charge in [0.15, 0.2) is 0 Å². The number of aromatic amines is 1. The predicted molar refractivity (Wildman–Crippen MR) is 47.6 cm³/mol. The lowest BCUT2D eigenvalue weighted by molar-refractivity contribution is 0.515. The highest BCUT2D eigenvalue weighted by Gasteiger charge is 2.10. The minimum Gasteiger partial charge on any atom is -0.352 e. The maximum absolute atomic E-state index is 5.87. The highest BCUT2D eigenvalue weighted by molar-refractivity contribution is 6.29. The summed E-state index contributed by atoms with van der Waals surface area (Å²) in [4.78, 5) is 2.89. The minimum atomic E-state index is 0.0822. The van der Waals surface area contributed by atoms with Gasteiger partial charge in [-0.25, -0.2) is 0 Å². The van der Waals surface area contributed by atoms with Crippen molar-refractivity contribution in [3.05, 3.63) is 23.0 Å². The summed E-state index contributed by atoms with van der Waals surface area (Å²) in [5.74, 6) is 0.446. The minimum absolute atomic E-state index is 0.0822. The Morgan fingerprint density at radius 1 is 1.55 bits per heavy atom. The quantitative estimate of drug-likeness (QED) is 0.707. The van der Waals surface area contributed by atoms with Crippen molar-refractivity contribution in [2.75, 3.05) is 0 Å². The molecule has 3 N–H and O–H groups in total. The van der Waals surface area contributed by atoms with Crippen LogP contribution in [0.4, 0.5) is 0 Å². The van der Waals surface area contributed by atoms with Crippen LogP contribution in [0.25, 0.3) is 0 Å². The topological polar surface area (TPSA) is 41.8 Å². The van der Waals surface area contributed by atoms with E-state index in [1.54, 1.807) is 0 Å². The molecule has 1 rings (SSSR count). The summed E-state index contributed by atoms with van der Waals surface area (Å²) in [7, 11) is 0. The molecule has 1 atom stereocenters. The van der Waals surface area contributed by atoms with E-state index in [0.29, 0.717) is 11.1 Å². The van der Waals surface area contributed by atoms with Gasteiger partial charge in [0, 0.05) is 12.2 Å². The van der Waals surface area contributed by atoms with E-state index < -0.39 is 0 Å². The third kappa shape index (κ3) is 1.98. The van der Waals surface area contributed by atoms with Crippen molar-refractivity contribution in [2.24, 2.45) is 11.7 Å². The Bertz CT molecular complexity index is 230. The SMILES string of the molecule is CC(C)[C@H](N)c1c[nH]c(Cl)c1. The van der Waals surface area contributed by atoms with E-state index in [9.17, 15) is 0 Å². The average molecular weight is 173 g/mol. The molecular formula is C8H13ClN2. The molecule has 3 heteroatoms. The average Bonchev–Trinajstić information content (AvgIpc) is 2.34. The van der Waals surface area contributed by atoms with Crippen LogP contribution >= 0.6 is 11.6 Å². The van der Waals surface area contributed by atoms with Gasteiger partial charge in [0.25, 0.3) is 0 Å². The second-order valence-electron chi connectivity index (χ2n) is 3.05. The molecule has 0 aliphatic heterocycles. The molecule has 1 heterocycles. The van der Waals surface area contributed by atoms with Gasteiger partial charge in [-0.3, -0.25) is 0 Å². The summed E-state index contributed by atoms with van der Waals surface area (Å²) < 4.78 is 0. The van der Waals surface area contributed by atoms with Crippen LogP contribution in [0.5, 0.6) is 0 Å². The van der Waals surface area contributed by atoms with E-state index in [1.807, 2.05) is 12.3 Å². The number of rotatable bonds is 2. The molecule has 11 heavy (non-hydrogen) atoms. The number of nitrogens with one attached hydrogen (secondary N) is 1. The van der Waals surface area contributed by atoms with E-state index in [4.69, 9.17) is 17.3 Å². The highest BCUT2D eigenvalue weighted by atomic mass is 35.5. The lowest BCUT2D eigenvalue weighted by atomic mass is 10.00. The smallest absolute Gasteiger partial charge is 0.106 e. The van der Waals surface area contributed by atoms with Crippen LogP contribution in [-0.2, 0) is 0 Å². The van der Waals surface area contributed by atoms with Crippen molar-refractivity contribution >= 4 is 11.6 Å². The van der Waals surface area contributed by atoms with Crippen LogP contribution in [0.1, 0.15) is 25.5 Å². The molecule has 0 amide bonds. The Morgan fingerprint density at radius 2 is 2.18 bits per heavy atom. The van der Waals surface area contributed by atoms with Gasteiger partial charge in [-0.1, -0.05) is 25.4 Å². The lowest BCUT2D eigenvalue weighted by Crippen LogP contribution is -2.15. The van der Waals surface area contributed by atoms with Gasteiger partial charge in [0.2, 0.25) is 0 Å². The van der Waals surface area contributed by atoms with Crippen LogP contribution in [0.2, 0.25) is 5.15 Å². The first-order valence-corrected chi connectivity index (χ1v) is 4.08. The molecule has 0 aromatic carbocycles. The van der Waals surface area contributed by atoms with Crippen LogP contribution in [0.15, 0.2) is 12.3 Å². The zero-order chi connectivity index (χ0) is 8.43. The third-order valence-corrected chi connectivity index (χ3v) is 1.99. The predicted octanol–water partition coefficient (Wildman–Crippen LogP) is 2.32. The van der Waals surface area contributed by atoms with E-state index in [0.717, 1.165) is 5.56 Å². The first-order chi connectivity index (χ1) is 5.11. The van der Waals surface area contributed by atoms with Crippen molar-refractivity contribution in [3.63, 3.8) is 0 Å². The molecule has 2 nitrogen and oxygen atoms in total. The number of aromatic nitrogens is 1. The van der Waals surface area contributed by atoms with Gasteiger partial charge in [-0.05, 0) is 17.5 Å². The fourth-order valence-electron chi connectivity index (χ4n) is 0.959. The standard InChI is InChI=1S/C8H13ClN2/c1-5(2)8(10)6-3-7(9)11-4-6/h3-5,8,11H,10H2,1-2H3/t8-/m0/s1. The molecule has 0 radical (unpaired) electrons. The van der Waals surface area contributed by atoms with Gasteiger partial charge >= 0.3 is 0 Å². The fraction of sp³-hybridized carbons (Fsp3) is 0.500. The lowest BCUT2D eigenvalue weighted by Gasteiger charge is -2.12. The van der Waals surface area contributed by atoms with E-state index in [2.05, 4.69) is 18.8 Å². The number of H-pyrrole nitrogens is 1. The summed E-state index contributed by atoms with van der Waals surface area (Å²) in [5, 5.41) is 0.649. The number of hydrogen-bond donors (Lipinski definition) is 2. The molecule has 0 aliphatic carbocycles. The van der Waals surface area contributed by atoms with Gasteiger partial charge in [-0.2, -0.15) is 0 Å². The molecule has 0 fully saturated rings. The maximum atomic E-state index is 5.87. The molecule has 1 aromatic rings. The maximum Gasteiger partial charge on any atom is 0.106 e. The van der Waals surface area contributed by atoms with Crippen LogP contribution in [-0.4, -0.2) is 4.98 Å². The van der Waals surface area contributed by atoms with Gasteiger partial charge in [-0.15, -0.1) is 0 Å². The normalized spacial score (nSPS) is 13.9. The second kappa shape index (κ2) is 3.28. The number of nitrogens with two attached hydrogens (primary N) is 1. The molecule has 62 valence electrons. The Kier molecular flexibility index (Phi) is 2.58. The molecular weight excluding hydrogens is 160 g/mol. The summed E-state index contributed by atoms with van der Waals surface area (Å²) in [6, 6.07) is 1.95. The number of hydrogen-bond acceptors (Lipinski definition) is 1. The molecule has 0 aliphatic rings. The first kappa shape index (κ1) is 8.62. The van der Waals surface area contributed by atoms with Crippen molar-refractivity contribution in [1.29, 1.82) is 0 Å². The summed E-state index contributed by atoms with van der Waals surface area (Å²) >= 11 is 5.70. The Morgan fingerprint density at radius 3 is 2.55 bits per heavy atom. The fourth-order valence-corrected chi connectivity index (χ4v) is 1.14.